The highest BCUT2D eigenvalue weighted by molar-refractivity contribution is 9.10. The normalized spacial score (nSPS) is 11.0. The first-order valence-electron chi connectivity index (χ1n) is 10.4. The Kier molecular flexibility index (Phi) is 7.31. The highest BCUT2D eigenvalue weighted by Gasteiger charge is 2.06. The molecule has 0 aliphatic rings. The van der Waals surface area contributed by atoms with E-state index >= 15 is 0 Å². The lowest BCUT2D eigenvalue weighted by atomic mass is 10.1. The molecule has 0 saturated carbocycles. The maximum Gasteiger partial charge on any atom is 0.240 e. The van der Waals surface area contributed by atoms with Gasteiger partial charge in [0, 0.05) is 6.42 Å². The summed E-state index contributed by atoms with van der Waals surface area (Å²) in [6.07, 6.45) is 2.71. The number of hydrogen-bond acceptors (Lipinski definition) is 3. The molecule has 0 aliphatic heterocycles. The molecule has 1 amide bonds. The molecule has 0 radical (unpaired) electrons. The number of halogens is 1. The highest BCUT2D eigenvalue weighted by Crippen LogP contribution is 2.27. The molecule has 5 heteroatoms. The summed E-state index contributed by atoms with van der Waals surface area (Å²) in [7, 11) is 0. The van der Waals surface area contributed by atoms with Crippen LogP contribution in [0.3, 0.4) is 0 Å². The minimum Gasteiger partial charge on any atom is -0.488 e. The Morgan fingerprint density at radius 3 is 2.56 bits per heavy atom. The van der Waals surface area contributed by atoms with Gasteiger partial charge >= 0.3 is 0 Å². The van der Waals surface area contributed by atoms with Gasteiger partial charge in [-0.2, -0.15) is 5.10 Å². The molecule has 160 valence electrons. The number of carbonyl (C=O) groups is 1. The third kappa shape index (κ3) is 5.83. The van der Waals surface area contributed by atoms with Gasteiger partial charge in [0.2, 0.25) is 5.91 Å². The maximum absolute atomic E-state index is 12.0. The van der Waals surface area contributed by atoms with E-state index in [1.165, 1.54) is 10.8 Å². The van der Waals surface area contributed by atoms with Gasteiger partial charge < -0.3 is 4.74 Å². The molecule has 0 spiro atoms. The first-order chi connectivity index (χ1) is 15.7. The first kappa shape index (κ1) is 21.8. The van der Waals surface area contributed by atoms with Gasteiger partial charge in [0.15, 0.2) is 0 Å². The minimum absolute atomic E-state index is 0.112. The van der Waals surface area contributed by atoms with Gasteiger partial charge in [-0.05, 0) is 68.0 Å². The van der Waals surface area contributed by atoms with Crippen molar-refractivity contribution in [1.29, 1.82) is 0 Å². The zero-order chi connectivity index (χ0) is 22.2. The van der Waals surface area contributed by atoms with Crippen molar-refractivity contribution < 1.29 is 9.53 Å². The predicted octanol–water partition coefficient (Wildman–Crippen LogP) is 6.26. The quantitative estimate of drug-likeness (QED) is 0.236. The van der Waals surface area contributed by atoms with E-state index in [4.69, 9.17) is 4.74 Å². The van der Waals surface area contributed by atoms with Crippen molar-refractivity contribution >= 4 is 38.8 Å². The molecule has 0 saturated heterocycles. The van der Waals surface area contributed by atoms with E-state index < -0.39 is 0 Å². The molecule has 0 unspecified atom stereocenters. The van der Waals surface area contributed by atoms with E-state index in [2.05, 4.69) is 50.7 Å². The van der Waals surface area contributed by atoms with Crippen molar-refractivity contribution in [2.75, 3.05) is 0 Å². The molecule has 0 aromatic heterocycles. The van der Waals surface area contributed by atoms with E-state index in [-0.39, 0.29) is 5.91 Å². The lowest BCUT2D eigenvalue weighted by molar-refractivity contribution is -0.121. The Hall–Kier alpha value is -3.44. The number of fused-ring (bicyclic) bond motifs is 1. The molecule has 0 atom stereocenters. The van der Waals surface area contributed by atoms with Gasteiger partial charge in [-0.1, -0.05) is 72.8 Å². The second-order valence-electron chi connectivity index (χ2n) is 7.40. The van der Waals surface area contributed by atoms with Crippen LogP contribution < -0.4 is 10.2 Å². The molecule has 1 N–H and O–H groups in total. The number of amides is 1. The van der Waals surface area contributed by atoms with Gasteiger partial charge in [-0.25, -0.2) is 5.43 Å². The Morgan fingerprint density at radius 1 is 0.938 bits per heavy atom. The third-order valence-corrected chi connectivity index (χ3v) is 5.73. The van der Waals surface area contributed by atoms with Gasteiger partial charge in [0.25, 0.3) is 0 Å². The molecule has 4 nitrogen and oxygen atoms in total. The van der Waals surface area contributed by atoms with Crippen molar-refractivity contribution in [3.8, 4) is 5.75 Å². The van der Waals surface area contributed by atoms with Gasteiger partial charge in [-0.3, -0.25) is 4.79 Å². The summed E-state index contributed by atoms with van der Waals surface area (Å²) in [6.45, 7) is 0.477. The van der Waals surface area contributed by atoms with E-state index in [0.717, 1.165) is 26.9 Å². The Morgan fingerprint density at radius 2 is 1.72 bits per heavy atom. The molecule has 0 aliphatic carbocycles. The van der Waals surface area contributed by atoms with E-state index in [1.807, 2.05) is 66.7 Å². The minimum atomic E-state index is -0.112. The zero-order valence-electron chi connectivity index (χ0n) is 17.5. The van der Waals surface area contributed by atoms with Crippen LogP contribution in [0.1, 0.15) is 23.1 Å². The van der Waals surface area contributed by atoms with Crippen LogP contribution in [0.15, 0.2) is 101 Å². The lowest BCUT2D eigenvalue weighted by Crippen LogP contribution is -2.17. The number of nitrogens with one attached hydrogen (secondary N) is 1. The molecule has 4 rings (SSSR count). The lowest BCUT2D eigenvalue weighted by Gasteiger charge is -2.11. The van der Waals surface area contributed by atoms with Gasteiger partial charge in [0.1, 0.15) is 12.4 Å². The van der Waals surface area contributed by atoms with Crippen LogP contribution in [0, 0.1) is 0 Å². The number of hydrogen-bond donors (Lipinski definition) is 1. The Labute approximate surface area is 196 Å². The summed E-state index contributed by atoms with van der Waals surface area (Å²) in [5.74, 6) is 0.640. The average molecular weight is 487 g/mol. The molecule has 4 aromatic carbocycles. The SMILES string of the molecule is O=C(CCc1ccccc1)N/N=C\c1ccc(OCc2cccc3ccccc23)c(Br)c1. The maximum atomic E-state index is 12.0. The fourth-order valence-corrected chi connectivity index (χ4v) is 3.94. The Balaban J connectivity index is 1.31. The third-order valence-electron chi connectivity index (χ3n) is 5.11. The standard InChI is InChI=1S/C27H23BrN2O2/c28-25-17-21(18-29-30-27(31)16-14-20-7-2-1-3-8-20)13-15-26(25)32-19-23-11-6-10-22-9-4-5-12-24(22)23/h1-13,15,17-18H,14,16,19H2,(H,30,31)/b29-18-. The van der Waals surface area contributed by atoms with Crippen LogP contribution in [-0.2, 0) is 17.8 Å². The van der Waals surface area contributed by atoms with Crippen molar-refractivity contribution in [2.24, 2.45) is 5.10 Å². The fraction of sp³-hybridized carbons (Fsp3) is 0.111. The predicted molar refractivity (Wildman–Crippen MR) is 133 cm³/mol. The van der Waals surface area contributed by atoms with E-state index in [1.54, 1.807) is 6.21 Å². The van der Waals surface area contributed by atoms with Crippen LogP contribution in [0.4, 0.5) is 0 Å². The molecular weight excluding hydrogens is 464 g/mol. The van der Waals surface area contributed by atoms with Gasteiger partial charge in [-0.15, -0.1) is 0 Å². The molecule has 32 heavy (non-hydrogen) atoms. The zero-order valence-corrected chi connectivity index (χ0v) is 19.1. The highest BCUT2D eigenvalue weighted by atomic mass is 79.9. The molecular formula is C27H23BrN2O2. The molecule has 0 fully saturated rings. The van der Waals surface area contributed by atoms with Gasteiger partial charge in [0.05, 0.1) is 10.7 Å². The fourth-order valence-electron chi connectivity index (χ4n) is 3.43. The number of rotatable bonds is 8. The summed E-state index contributed by atoms with van der Waals surface area (Å²) in [5.41, 5.74) is 5.71. The van der Waals surface area contributed by atoms with Crippen LogP contribution >= 0.6 is 15.9 Å². The largest absolute Gasteiger partial charge is 0.488 e. The Bertz CT molecular complexity index is 1230. The van der Waals surface area contributed by atoms with Crippen molar-refractivity contribution in [1.82, 2.24) is 5.43 Å². The monoisotopic (exact) mass is 486 g/mol. The summed E-state index contributed by atoms with van der Waals surface area (Å²) in [5, 5.41) is 6.46. The molecule has 4 aromatic rings. The number of nitrogens with zero attached hydrogens (tertiary/aromatic N) is 1. The molecule has 0 heterocycles. The van der Waals surface area contributed by atoms with Crippen LogP contribution in [0.25, 0.3) is 10.8 Å². The second-order valence-corrected chi connectivity index (χ2v) is 8.25. The van der Waals surface area contributed by atoms with E-state index in [9.17, 15) is 4.79 Å². The molecule has 0 bridgehead atoms. The summed E-state index contributed by atoms with van der Waals surface area (Å²) in [4.78, 5) is 12.0. The van der Waals surface area contributed by atoms with Crippen LogP contribution in [-0.4, -0.2) is 12.1 Å². The first-order valence-corrected chi connectivity index (χ1v) is 11.2. The van der Waals surface area contributed by atoms with Crippen molar-refractivity contribution in [3.05, 3.63) is 112 Å². The summed E-state index contributed by atoms with van der Waals surface area (Å²) >= 11 is 3.57. The summed E-state index contributed by atoms with van der Waals surface area (Å²) < 4.78 is 6.87. The number of benzene rings is 4. The smallest absolute Gasteiger partial charge is 0.240 e. The average Bonchev–Trinajstić information content (AvgIpc) is 2.83. The van der Waals surface area contributed by atoms with E-state index in [0.29, 0.717) is 19.4 Å². The number of hydrazone groups is 1. The van der Waals surface area contributed by atoms with Crippen molar-refractivity contribution in [3.63, 3.8) is 0 Å². The summed E-state index contributed by atoms with van der Waals surface area (Å²) in [6, 6.07) is 30.2. The number of carbonyl (C=O) groups excluding carboxylic acids is 1. The topological polar surface area (TPSA) is 50.7 Å². The second kappa shape index (κ2) is 10.7. The number of ether oxygens (including phenoxy) is 1. The number of aryl methyl sites for hydroxylation is 1. The van der Waals surface area contributed by atoms with Crippen LogP contribution in [0.2, 0.25) is 0 Å². The van der Waals surface area contributed by atoms with Crippen LogP contribution in [0.5, 0.6) is 5.75 Å². The van der Waals surface area contributed by atoms with Crippen molar-refractivity contribution in [2.45, 2.75) is 19.4 Å².